The Labute approximate surface area is 160 Å². The van der Waals surface area contributed by atoms with Crippen molar-refractivity contribution in [1.29, 1.82) is 0 Å². The van der Waals surface area contributed by atoms with E-state index in [0.717, 1.165) is 5.56 Å². The van der Waals surface area contributed by atoms with Crippen molar-refractivity contribution in [2.45, 2.75) is 33.1 Å². The van der Waals surface area contributed by atoms with Crippen molar-refractivity contribution in [3.63, 3.8) is 0 Å². The molecule has 148 valence electrons. The van der Waals surface area contributed by atoms with E-state index in [-0.39, 0.29) is 29.9 Å². The van der Waals surface area contributed by atoms with Gasteiger partial charge in [-0.25, -0.2) is 4.79 Å². The Morgan fingerprint density at radius 2 is 1.56 bits per heavy atom. The highest BCUT2D eigenvalue weighted by molar-refractivity contribution is 5.96. The zero-order valence-electron chi connectivity index (χ0n) is 16.6. The Kier molecular flexibility index (Phi) is 6.82. The van der Waals surface area contributed by atoms with Gasteiger partial charge in [-0.05, 0) is 30.0 Å². The third kappa shape index (κ3) is 5.70. The highest BCUT2D eigenvalue weighted by atomic mass is 16.6. The molecule has 1 fully saturated rings. The first-order chi connectivity index (χ1) is 12.7. The van der Waals surface area contributed by atoms with Crippen molar-refractivity contribution < 1.29 is 19.1 Å². The summed E-state index contributed by atoms with van der Waals surface area (Å²) in [5.41, 5.74) is 1.70. The van der Waals surface area contributed by atoms with Gasteiger partial charge in [-0.1, -0.05) is 32.9 Å². The van der Waals surface area contributed by atoms with Crippen molar-refractivity contribution in [2.75, 3.05) is 39.3 Å². The van der Waals surface area contributed by atoms with Gasteiger partial charge in [0.25, 0.3) is 5.91 Å². The van der Waals surface area contributed by atoms with E-state index in [4.69, 9.17) is 4.74 Å². The summed E-state index contributed by atoms with van der Waals surface area (Å²) in [6.45, 7) is 10.1. The molecule has 27 heavy (non-hydrogen) atoms. The maximum absolute atomic E-state index is 12.3. The number of benzene rings is 1. The van der Waals surface area contributed by atoms with E-state index in [1.165, 1.54) is 0 Å². The summed E-state index contributed by atoms with van der Waals surface area (Å²) in [4.78, 5) is 39.5. The van der Waals surface area contributed by atoms with E-state index in [0.29, 0.717) is 38.3 Å². The maximum atomic E-state index is 12.3. The first kappa shape index (κ1) is 20.7. The zero-order chi connectivity index (χ0) is 20.0. The van der Waals surface area contributed by atoms with E-state index in [9.17, 15) is 14.4 Å². The van der Waals surface area contributed by atoms with Crippen LogP contribution in [-0.4, -0.2) is 67.0 Å². The summed E-state index contributed by atoms with van der Waals surface area (Å²) in [5.74, 6) is -0.424. The lowest BCUT2D eigenvalue weighted by molar-refractivity contribution is -0.131. The highest BCUT2D eigenvalue weighted by Crippen LogP contribution is 2.22. The van der Waals surface area contributed by atoms with Gasteiger partial charge in [0.05, 0.1) is 13.2 Å². The minimum atomic E-state index is -0.350. The molecule has 0 radical (unpaired) electrons. The SMILES string of the molecule is CCOC(=O)N1CCN(C(=O)CNC(=O)c2ccc(C(C)(C)C)cc2)CC1. The fourth-order valence-electron chi connectivity index (χ4n) is 2.84. The predicted octanol–water partition coefficient (Wildman–Crippen LogP) is 2.01. The number of ether oxygens (including phenoxy) is 1. The molecule has 1 aliphatic heterocycles. The molecule has 0 unspecified atom stereocenters. The molecule has 1 heterocycles. The molecule has 0 spiro atoms. The second-order valence-corrected chi connectivity index (χ2v) is 7.58. The average Bonchev–Trinajstić information content (AvgIpc) is 2.65. The Hall–Kier alpha value is -2.57. The molecular formula is C20H29N3O4. The smallest absolute Gasteiger partial charge is 0.409 e. The first-order valence-electron chi connectivity index (χ1n) is 9.30. The number of hydrogen-bond acceptors (Lipinski definition) is 4. The minimum Gasteiger partial charge on any atom is -0.450 e. The number of nitrogens with zero attached hydrogens (tertiary/aromatic N) is 2. The summed E-state index contributed by atoms with van der Waals surface area (Å²) in [6.07, 6.45) is -0.350. The van der Waals surface area contributed by atoms with Crippen LogP contribution < -0.4 is 5.32 Å². The third-order valence-corrected chi connectivity index (χ3v) is 4.57. The molecule has 1 saturated heterocycles. The molecule has 0 atom stereocenters. The summed E-state index contributed by atoms with van der Waals surface area (Å²) in [7, 11) is 0. The number of nitrogens with one attached hydrogen (secondary N) is 1. The van der Waals surface area contributed by atoms with Crippen LogP contribution in [0, 0.1) is 0 Å². The van der Waals surface area contributed by atoms with Crippen LogP contribution in [0.3, 0.4) is 0 Å². The van der Waals surface area contributed by atoms with Gasteiger partial charge in [0.1, 0.15) is 0 Å². The van der Waals surface area contributed by atoms with Gasteiger partial charge >= 0.3 is 6.09 Å². The summed E-state index contributed by atoms with van der Waals surface area (Å²) < 4.78 is 4.96. The summed E-state index contributed by atoms with van der Waals surface area (Å²) in [5, 5.41) is 2.67. The van der Waals surface area contributed by atoms with Crippen molar-refractivity contribution in [3.05, 3.63) is 35.4 Å². The normalized spacial score (nSPS) is 14.7. The largest absolute Gasteiger partial charge is 0.450 e. The van der Waals surface area contributed by atoms with Crippen LogP contribution in [0.25, 0.3) is 0 Å². The summed E-state index contributed by atoms with van der Waals surface area (Å²) in [6, 6.07) is 7.42. The van der Waals surface area contributed by atoms with Gasteiger partial charge in [0, 0.05) is 31.7 Å². The first-order valence-corrected chi connectivity index (χ1v) is 9.30. The fraction of sp³-hybridized carbons (Fsp3) is 0.550. The molecule has 0 saturated carbocycles. The molecule has 7 nitrogen and oxygen atoms in total. The van der Waals surface area contributed by atoms with Crippen molar-refractivity contribution in [3.8, 4) is 0 Å². The Balaban J connectivity index is 1.80. The van der Waals surface area contributed by atoms with Gasteiger partial charge < -0.3 is 19.9 Å². The van der Waals surface area contributed by atoms with Crippen molar-refractivity contribution in [2.24, 2.45) is 0 Å². The van der Waals surface area contributed by atoms with Crippen LogP contribution in [-0.2, 0) is 14.9 Å². The number of amides is 3. The molecule has 2 rings (SSSR count). The Morgan fingerprint density at radius 1 is 1.00 bits per heavy atom. The maximum Gasteiger partial charge on any atom is 0.409 e. The van der Waals surface area contributed by atoms with E-state index in [1.807, 2.05) is 12.1 Å². The molecule has 3 amide bonds. The van der Waals surface area contributed by atoms with Crippen LogP contribution >= 0.6 is 0 Å². The van der Waals surface area contributed by atoms with E-state index in [2.05, 4.69) is 26.1 Å². The predicted molar refractivity (Wildman–Crippen MR) is 103 cm³/mol. The minimum absolute atomic E-state index is 0.0245. The number of carbonyl (C=O) groups is 3. The molecular weight excluding hydrogens is 346 g/mol. The quantitative estimate of drug-likeness (QED) is 0.873. The number of piperazine rings is 1. The van der Waals surface area contributed by atoms with E-state index < -0.39 is 0 Å². The molecule has 0 aliphatic carbocycles. The van der Waals surface area contributed by atoms with E-state index in [1.54, 1.807) is 28.9 Å². The van der Waals surface area contributed by atoms with Gasteiger partial charge in [-0.2, -0.15) is 0 Å². The number of hydrogen-bond donors (Lipinski definition) is 1. The lowest BCUT2D eigenvalue weighted by Crippen LogP contribution is -2.52. The second-order valence-electron chi connectivity index (χ2n) is 7.58. The van der Waals surface area contributed by atoms with Gasteiger partial charge in [-0.15, -0.1) is 0 Å². The van der Waals surface area contributed by atoms with Crippen LogP contribution in [0.4, 0.5) is 4.79 Å². The number of carbonyl (C=O) groups excluding carboxylic acids is 3. The lowest BCUT2D eigenvalue weighted by atomic mass is 9.87. The average molecular weight is 375 g/mol. The standard InChI is InChI=1S/C20H29N3O4/c1-5-27-19(26)23-12-10-22(11-13-23)17(24)14-21-18(25)15-6-8-16(9-7-15)20(2,3)4/h6-9H,5,10-14H2,1-4H3,(H,21,25). The van der Waals surface area contributed by atoms with E-state index >= 15 is 0 Å². The zero-order valence-corrected chi connectivity index (χ0v) is 16.6. The van der Waals surface area contributed by atoms with Gasteiger partial charge in [0.15, 0.2) is 0 Å². The molecule has 1 aromatic carbocycles. The second kappa shape index (κ2) is 8.88. The van der Waals surface area contributed by atoms with Crippen LogP contribution in [0.15, 0.2) is 24.3 Å². The van der Waals surface area contributed by atoms with Gasteiger partial charge in [-0.3, -0.25) is 9.59 Å². The summed E-state index contributed by atoms with van der Waals surface area (Å²) >= 11 is 0. The van der Waals surface area contributed by atoms with Crippen LogP contribution in [0.5, 0.6) is 0 Å². The van der Waals surface area contributed by atoms with Crippen LogP contribution in [0.1, 0.15) is 43.6 Å². The Morgan fingerprint density at radius 3 is 2.07 bits per heavy atom. The van der Waals surface area contributed by atoms with Crippen LogP contribution in [0.2, 0.25) is 0 Å². The molecule has 0 aromatic heterocycles. The lowest BCUT2D eigenvalue weighted by Gasteiger charge is -2.34. The third-order valence-electron chi connectivity index (χ3n) is 4.57. The fourth-order valence-corrected chi connectivity index (χ4v) is 2.84. The van der Waals surface area contributed by atoms with Crippen molar-refractivity contribution >= 4 is 17.9 Å². The monoisotopic (exact) mass is 375 g/mol. The van der Waals surface area contributed by atoms with Gasteiger partial charge in [0.2, 0.25) is 5.91 Å². The molecule has 7 heteroatoms. The highest BCUT2D eigenvalue weighted by Gasteiger charge is 2.25. The molecule has 1 aliphatic rings. The van der Waals surface area contributed by atoms with Crippen molar-refractivity contribution in [1.82, 2.24) is 15.1 Å². The molecule has 0 bridgehead atoms. The number of rotatable bonds is 4. The topological polar surface area (TPSA) is 79.0 Å². The Bertz CT molecular complexity index is 671. The molecule has 1 N–H and O–H groups in total. The molecule has 1 aromatic rings.